The number of piperidine rings is 1. The zero-order valence-electron chi connectivity index (χ0n) is 19.2. The fourth-order valence-corrected chi connectivity index (χ4v) is 5.74. The van der Waals surface area contributed by atoms with E-state index in [0.717, 1.165) is 31.2 Å². The van der Waals surface area contributed by atoms with Crippen molar-refractivity contribution < 1.29 is 27.9 Å². The number of imide groups is 1. The van der Waals surface area contributed by atoms with Crippen LogP contribution in [0.4, 0.5) is 8.78 Å². The van der Waals surface area contributed by atoms with Gasteiger partial charge in [-0.1, -0.05) is 6.42 Å². The van der Waals surface area contributed by atoms with Crippen LogP contribution < -0.4 is 15.4 Å². The number of hydrogen-bond donors (Lipinski definition) is 2. The van der Waals surface area contributed by atoms with Crippen LogP contribution in [0.1, 0.15) is 80.1 Å². The van der Waals surface area contributed by atoms with Crippen molar-refractivity contribution in [1.82, 2.24) is 15.5 Å². The minimum Gasteiger partial charge on any atom is -0.489 e. The number of ether oxygens (including phenoxy) is 1. The maximum atomic E-state index is 13.5. The Kier molecular flexibility index (Phi) is 6.31. The van der Waals surface area contributed by atoms with Crippen molar-refractivity contribution in [1.29, 1.82) is 0 Å². The van der Waals surface area contributed by atoms with Gasteiger partial charge in [-0.25, -0.2) is 8.78 Å². The highest BCUT2D eigenvalue weighted by atomic mass is 19.3. The van der Waals surface area contributed by atoms with Gasteiger partial charge < -0.3 is 15.0 Å². The second-order valence-electron chi connectivity index (χ2n) is 10.1. The molecule has 7 nitrogen and oxygen atoms in total. The molecule has 2 heterocycles. The largest absolute Gasteiger partial charge is 0.489 e. The molecule has 2 aliphatic heterocycles. The van der Waals surface area contributed by atoms with Crippen molar-refractivity contribution in [3.63, 3.8) is 0 Å². The summed E-state index contributed by atoms with van der Waals surface area (Å²) in [5.74, 6) is -2.80. The molecule has 3 atom stereocenters. The molecule has 4 aliphatic rings. The van der Waals surface area contributed by atoms with Crippen molar-refractivity contribution >= 4 is 17.7 Å². The van der Waals surface area contributed by atoms with Crippen LogP contribution in [0.2, 0.25) is 0 Å². The molecule has 1 aromatic rings. The summed E-state index contributed by atoms with van der Waals surface area (Å²) in [5, 5.41) is 5.91. The third-order valence-electron chi connectivity index (χ3n) is 7.65. The van der Waals surface area contributed by atoms with Gasteiger partial charge in [0.25, 0.3) is 5.91 Å². The maximum absolute atomic E-state index is 13.5. The predicted octanol–water partition coefficient (Wildman–Crippen LogP) is 3.31. The van der Waals surface area contributed by atoms with Crippen LogP contribution in [0, 0.1) is 0 Å². The molecule has 0 spiro atoms. The van der Waals surface area contributed by atoms with Crippen LogP contribution in [0.5, 0.6) is 5.75 Å². The summed E-state index contributed by atoms with van der Waals surface area (Å²) < 4.78 is 33.4. The Morgan fingerprint density at radius 1 is 1.03 bits per heavy atom. The zero-order chi connectivity index (χ0) is 23.9. The van der Waals surface area contributed by atoms with Crippen LogP contribution in [0.25, 0.3) is 0 Å². The van der Waals surface area contributed by atoms with Crippen molar-refractivity contribution in [3.05, 3.63) is 29.3 Å². The number of halogens is 2. The van der Waals surface area contributed by atoms with Gasteiger partial charge >= 0.3 is 0 Å². The summed E-state index contributed by atoms with van der Waals surface area (Å²) in [6, 6.07) is 4.96. The predicted molar refractivity (Wildman–Crippen MR) is 119 cm³/mol. The number of nitrogens with one attached hydrogen (secondary N) is 2. The van der Waals surface area contributed by atoms with E-state index in [0.29, 0.717) is 37.1 Å². The van der Waals surface area contributed by atoms with E-state index in [-0.39, 0.29) is 49.3 Å². The van der Waals surface area contributed by atoms with E-state index in [2.05, 4.69) is 10.6 Å². The van der Waals surface area contributed by atoms with Crippen molar-refractivity contribution in [2.24, 2.45) is 0 Å². The minimum atomic E-state index is -2.54. The van der Waals surface area contributed by atoms with E-state index in [1.165, 1.54) is 4.90 Å². The van der Waals surface area contributed by atoms with Gasteiger partial charge in [0, 0.05) is 43.5 Å². The van der Waals surface area contributed by atoms with Crippen LogP contribution in [-0.2, 0) is 16.1 Å². The van der Waals surface area contributed by atoms with E-state index >= 15 is 0 Å². The molecule has 0 aromatic heterocycles. The molecular weight excluding hydrogens is 444 g/mol. The molecule has 9 heteroatoms. The molecule has 34 heavy (non-hydrogen) atoms. The fraction of sp³-hybridized carbons (Fsp3) is 0.640. The van der Waals surface area contributed by atoms with E-state index in [1.807, 2.05) is 6.07 Å². The molecule has 1 aromatic carbocycles. The van der Waals surface area contributed by atoms with E-state index in [9.17, 15) is 23.2 Å². The standard InChI is InChI=1S/C25H31F2N3O4/c26-25(27)11-9-16(10-12-25)28-19-3-1-2-4-21(19)34-17-5-6-18-15(13-17)14-30(24(18)33)20-7-8-22(31)29-23(20)32/h5-6,13,16,19-21,28H,1-4,7-12,14H2,(H,29,31,32). The van der Waals surface area contributed by atoms with Gasteiger partial charge in [-0.2, -0.15) is 0 Å². The highest BCUT2D eigenvalue weighted by molar-refractivity contribution is 6.05. The van der Waals surface area contributed by atoms with Gasteiger partial charge in [-0.3, -0.25) is 19.7 Å². The van der Waals surface area contributed by atoms with Gasteiger partial charge in [0.2, 0.25) is 17.7 Å². The molecule has 184 valence electrons. The number of rotatable bonds is 5. The highest BCUT2D eigenvalue weighted by Gasteiger charge is 2.40. The number of alkyl halides is 2. The lowest BCUT2D eigenvalue weighted by molar-refractivity contribution is -0.136. The second-order valence-corrected chi connectivity index (χ2v) is 10.1. The Hall–Kier alpha value is -2.55. The summed E-state index contributed by atoms with van der Waals surface area (Å²) in [4.78, 5) is 38.1. The molecule has 5 rings (SSSR count). The number of carbonyl (C=O) groups excluding carboxylic acids is 3. The topological polar surface area (TPSA) is 87.7 Å². The van der Waals surface area contributed by atoms with Gasteiger partial charge in [0.1, 0.15) is 17.9 Å². The van der Waals surface area contributed by atoms with Crippen LogP contribution in [0.15, 0.2) is 18.2 Å². The lowest BCUT2D eigenvalue weighted by Gasteiger charge is -2.37. The molecule has 1 saturated heterocycles. The Balaban J connectivity index is 1.24. The SMILES string of the molecule is O=C1CCC(N2Cc3cc(OC4CCCCC4NC4CCC(F)(F)CC4)ccc3C2=O)C(=O)N1. The molecule has 2 aliphatic carbocycles. The summed E-state index contributed by atoms with van der Waals surface area (Å²) in [7, 11) is 0. The summed E-state index contributed by atoms with van der Waals surface area (Å²) in [5.41, 5.74) is 1.36. The Morgan fingerprint density at radius 2 is 1.79 bits per heavy atom. The number of amides is 3. The lowest BCUT2D eigenvalue weighted by atomic mass is 9.88. The van der Waals surface area contributed by atoms with Crippen molar-refractivity contribution in [2.75, 3.05) is 0 Å². The lowest BCUT2D eigenvalue weighted by Crippen LogP contribution is -2.52. The number of nitrogens with zero attached hydrogens (tertiary/aromatic N) is 1. The molecule has 3 amide bonds. The summed E-state index contributed by atoms with van der Waals surface area (Å²) in [6.45, 7) is 0.306. The van der Waals surface area contributed by atoms with Gasteiger partial charge in [-0.05, 0) is 62.3 Å². The minimum absolute atomic E-state index is 0.0578. The molecule has 0 radical (unpaired) electrons. The monoisotopic (exact) mass is 475 g/mol. The van der Waals surface area contributed by atoms with Crippen molar-refractivity contribution in [2.45, 2.75) is 101 Å². The number of fused-ring (bicyclic) bond motifs is 1. The fourth-order valence-electron chi connectivity index (χ4n) is 5.74. The first-order chi connectivity index (χ1) is 16.3. The number of benzene rings is 1. The third kappa shape index (κ3) is 4.80. The molecule has 0 bridgehead atoms. The van der Waals surface area contributed by atoms with Gasteiger partial charge in [0.15, 0.2) is 0 Å². The van der Waals surface area contributed by atoms with E-state index < -0.39 is 17.9 Å². The molecular formula is C25H31F2N3O4. The highest BCUT2D eigenvalue weighted by Crippen LogP contribution is 2.35. The third-order valence-corrected chi connectivity index (χ3v) is 7.65. The smallest absolute Gasteiger partial charge is 0.255 e. The van der Waals surface area contributed by atoms with Crippen molar-refractivity contribution in [3.8, 4) is 5.75 Å². The summed E-state index contributed by atoms with van der Waals surface area (Å²) in [6.07, 6.45) is 5.30. The number of hydrogen-bond acceptors (Lipinski definition) is 5. The first-order valence-electron chi connectivity index (χ1n) is 12.4. The maximum Gasteiger partial charge on any atom is 0.255 e. The normalized spacial score (nSPS) is 29.6. The van der Waals surface area contributed by atoms with E-state index in [4.69, 9.17) is 4.74 Å². The molecule has 2 N–H and O–H groups in total. The second kappa shape index (κ2) is 9.24. The quantitative estimate of drug-likeness (QED) is 0.638. The Labute approximate surface area is 197 Å². The van der Waals surface area contributed by atoms with Gasteiger partial charge in [-0.15, -0.1) is 0 Å². The average molecular weight is 476 g/mol. The van der Waals surface area contributed by atoms with Crippen LogP contribution >= 0.6 is 0 Å². The number of carbonyl (C=O) groups is 3. The molecule has 3 fully saturated rings. The van der Waals surface area contributed by atoms with Crippen LogP contribution in [-0.4, -0.2) is 52.8 Å². The Bertz CT molecular complexity index is 975. The van der Waals surface area contributed by atoms with E-state index in [1.54, 1.807) is 12.1 Å². The molecule has 2 saturated carbocycles. The Morgan fingerprint density at radius 3 is 2.56 bits per heavy atom. The average Bonchev–Trinajstić information content (AvgIpc) is 3.12. The molecule has 3 unspecified atom stereocenters. The summed E-state index contributed by atoms with van der Waals surface area (Å²) >= 11 is 0. The van der Waals surface area contributed by atoms with Gasteiger partial charge in [0.05, 0.1) is 0 Å². The zero-order valence-corrected chi connectivity index (χ0v) is 19.2. The van der Waals surface area contributed by atoms with Crippen LogP contribution in [0.3, 0.4) is 0 Å². The first kappa shape index (κ1) is 23.2. The first-order valence-corrected chi connectivity index (χ1v) is 12.4.